The fourth-order valence-electron chi connectivity index (χ4n) is 0.851. The van der Waals surface area contributed by atoms with Crippen molar-refractivity contribution in [1.29, 1.82) is 0 Å². The van der Waals surface area contributed by atoms with E-state index in [-0.39, 0.29) is 0 Å². The van der Waals surface area contributed by atoms with Gasteiger partial charge in [0.15, 0.2) is 0 Å². The molecule has 0 radical (unpaired) electrons. The van der Waals surface area contributed by atoms with E-state index in [1.807, 2.05) is 0 Å². The molecule has 0 unspecified atom stereocenters. The van der Waals surface area contributed by atoms with E-state index in [2.05, 4.69) is 44.8 Å². The summed E-state index contributed by atoms with van der Waals surface area (Å²) in [5, 5.41) is 3.30. The molecular weight excluding hydrogens is 134 g/mol. The van der Waals surface area contributed by atoms with Crippen LogP contribution in [0.2, 0.25) is 0 Å². The van der Waals surface area contributed by atoms with Crippen molar-refractivity contribution in [3.8, 4) is 0 Å². The fraction of sp³-hybridized carbons (Fsp3) is 0.600. The SMILES string of the molecule is C=C(C=CCC)[C@H](C)NCC. The summed E-state index contributed by atoms with van der Waals surface area (Å²) in [6, 6.07) is 0.405. The molecule has 0 aromatic rings. The van der Waals surface area contributed by atoms with E-state index in [1.54, 1.807) is 0 Å². The second-order valence-corrected chi connectivity index (χ2v) is 2.66. The fourth-order valence-corrected chi connectivity index (χ4v) is 0.851. The first kappa shape index (κ1) is 10.4. The summed E-state index contributed by atoms with van der Waals surface area (Å²) in [6.45, 7) is 11.3. The van der Waals surface area contributed by atoms with Gasteiger partial charge in [0.25, 0.3) is 0 Å². The van der Waals surface area contributed by atoms with Gasteiger partial charge in [-0.15, -0.1) is 0 Å². The lowest BCUT2D eigenvalue weighted by molar-refractivity contribution is 0.644. The van der Waals surface area contributed by atoms with Crippen molar-refractivity contribution in [3.05, 3.63) is 24.3 Å². The monoisotopic (exact) mass is 153 g/mol. The van der Waals surface area contributed by atoms with Gasteiger partial charge in [0, 0.05) is 6.04 Å². The predicted octanol–water partition coefficient (Wildman–Crippen LogP) is 2.51. The molecule has 0 spiro atoms. The van der Waals surface area contributed by atoms with Crippen LogP contribution in [-0.2, 0) is 0 Å². The molecular formula is C10H19N. The Bertz CT molecular complexity index is 136. The minimum Gasteiger partial charge on any atom is -0.310 e. The number of rotatable bonds is 5. The Morgan fingerprint density at radius 2 is 2.18 bits per heavy atom. The lowest BCUT2D eigenvalue weighted by Gasteiger charge is -2.11. The molecule has 1 nitrogen and oxygen atoms in total. The first-order chi connectivity index (χ1) is 5.22. The van der Waals surface area contributed by atoms with Crippen molar-refractivity contribution in [3.63, 3.8) is 0 Å². The molecule has 64 valence electrons. The first-order valence-corrected chi connectivity index (χ1v) is 4.31. The lowest BCUT2D eigenvalue weighted by Crippen LogP contribution is -2.26. The summed E-state index contributed by atoms with van der Waals surface area (Å²) in [6.07, 6.45) is 5.31. The molecule has 0 aromatic heterocycles. The molecule has 0 fully saturated rings. The maximum absolute atomic E-state index is 3.96. The average Bonchev–Trinajstić information content (AvgIpc) is 2.00. The van der Waals surface area contributed by atoms with Crippen LogP contribution < -0.4 is 5.32 Å². The van der Waals surface area contributed by atoms with Gasteiger partial charge in [-0.3, -0.25) is 0 Å². The van der Waals surface area contributed by atoms with Gasteiger partial charge in [0.05, 0.1) is 0 Å². The molecule has 0 heterocycles. The highest BCUT2D eigenvalue weighted by molar-refractivity contribution is 5.19. The lowest BCUT2D eigenvalue weighted by atomic mass is 10.1. The molecule has 0 aromatic carbocycles. The largest absolute Gasteiger partial charge is 0.310 e. The molecule has 1 atom stereocenters. The van der Waals surface area contributed by atoms with E-state index in [9.17, 15) is 0 Å². The molecule has 1 heteroatoms. The zero-order valence-electron chi connectivity index (χ0n) is 7.85. The summed E-state index contributed by atoms with van der Waals surface area (Å²) in [4.78, 5) is 0. The Morgan fingerprint density at radius 3 is 2.64 bits per heavy atom. The molecule has 0 rings (SSSR count). The van der Waals surface area contributed by atoms with E-state index >= 15 is 0 Å². The van der Waals surface area contributed by atoms with Crippen LogP contribution in [0.25, 0.3) is 0 Å². The minimum atomic E-state index is 0.405. The molecule has 0 saturated heterocycles. The summed E-state index contributed by atoms with van der Waals surface area (Å²) < 4.78 is 0. The number of likely N-dealkylation sites (N-methyl/N-ethyl adjacent to an activating group) is 1. The minimum absolute atomic E-state index is 0.405. The third-order valence-electron chi connectivity index (χ3n) is 1.63. The van der Waals surface area contributed by atoms with Gasteiger partial charge in [-0.2, -0.15) is 0 Å². The van der Waals surface area contributed by atoms with Crippen LogP contribution in [0.15, 0.2) is 24.3 Å². The van der Waals surface area contributed by atoms with Gasteiger partial charge in [0.2, 0.25) is 0 Å². The number of hydrogen-bond acceptors (Lipinski definition) is 1. The molecule has 0 aliphatic heterocycles. The average molecular weight is 153 g/mol. The van der Waals surface area contributed by atoms with E-state index in [1.165, 1.54) is 0 Å². The van der Waals surface area contributed by atoms with Crippen molar-refractivity contribution >= 4 is 0 Å². The smallest absolute Gasteiger partial charge is 0.0285 e. The van der Waals surface area contributed by atoms with Crippen LogP contribution in [-0.4, -0.2) is 12.6 Å². The highest BCUT2D eigenvalue weighted by Crippen LogP contribution is 2.00. The second kappa shape index (κ2) is 6.17. The van der Waals surface area contributed by atoms with E-state index < -0.39 is 0 Å². The van der Waals surface area contributed by atoms with Crippen LogP contribution in [0.5, 0.6) is 0 Å². The van der Waals surface area contributed by atoms with E-state index in [4.69, 9.17) is 0 Å². The Labute approximate surface area is 70.2 Å². The van der Waals surface area contributed by atoms with Gasteiger partial charge in [-0.05, 0) is 25.5 Å². The van der Waals surface area contributed by atoms with Gasteiger partial charge < -0.3 is 5.32 Å². The first-order valence-electron chi connectivity index (χ1n) is 4.31. The van der Waals surface area contributed by atoms with Crippen LogP contribution in [0.4, 0.5) is 0 Å². The number of nitrogens with one attached hydrogen (secondary N) is 1. The third-order valence-corrected chi connectivity index (χ3v) is 1.63. The highest BCUT2D eigenvalue weighted by atomic mass is 14.9. The molecule has 1 N–H and O–H groups in total. The second-order valence-electron chi connectivity index (χ2n) is 2.66. The summed E-state index contributed by atoms with van der Waals surface area (Å²) >= 11 is 0. The topological polar surface area (TPSA) is 12.0 Å². The molecule has 0 bridgehead atoms. The summed E-state index contributed by atoms with van der Waals surface area (Å²) in [5.74, 6) is 0. The van der Waals surface area contributed by atoms with Crippen LogP contribution in [0.3, 0.4) is 0 Å². The Hall–Kier alpha value is -0.560. The van der Waals surface area contributed by atoms with Gasteiger partial charge in [0.1, 0.15) is 0 Å². The van der Waals surface area contributed by atoms with Gasteiger partial charge >= 0.3 is 0 Å². The summed E-state index contributed by atoms with van der Waals surface area (Å²) in [7, 11) is 0. The van der Waals surface area contributed by atoms with Crippen LogP contribution in [0.1, 0.15) is 27.2 Å². The predicted molar refractivity (Wildman–Crippen MR) is 51.7 cm³/mol. The maximum Gasteiger partial charge on any atom is 0.0285 e. The molecule has 0 aliphatic carbocycles. The van der Waals surface area contributed by atoms with Gasteiger partial charge in [-0.25, -0.2) is 0 Å². The van der Waals surface area contributed by atoms with Crippen molar-refractivity contribution in [2.45, 2.75) is 33.2 Å². The quantitative estimate of drug-likeness (QED) is 0.598. The zero-order chi connectivity index (χ0) is 8.69. The van der Waals surface area contributed by atoms with E-state index in [0.717, 1.165) is 18.5 Å². The normalized spacial score (nSPS) is 13.7. The standard InChI is InChI=1S/C10H19N/c1-5-7-8-9(3)10(4)11-6-2/h7-8,10-11H,3,5-6H2,1-2,4H3/t10-/m0/s1. The number of hydrogen-bond donors (Lipinski definition) is 1. The van der Waals surface area contributed by atoms with Crippen molar-refractivity contribution < 1.29 is 0 Å². The maximum atomic E-state index is 3.96. The molecule has 0 amide bonds. The molecule has 11 heavy (non-hydrogen) atoms. The van der Waals surface area contributed by atoms with Crippen molar-refractivity contribution in [2.75, 3.05) is 6.54 Å². The van der Waals surface area contributed by atoms with Crippen LogP contribution >= 0.6 is 0 Å². The van der Waals surface area contributed by atoms with E-state index in [0.29, 0.717) is 6.04 Å². The number of allylic oxidation sites excluding steroid dienone is 1. The molecule has 0 aliphatic rings. The Kier molecular flexibility index (Phi) is 5.86. The molecule has 0 saturated carbocycles. The zero-order valence-corrected chi connectivity index (χ0v) is 7.85. The van der Waals surface area contributed by atoms with Gasteiger partial charge in [-0.1, -0.05) is 32.6 Å². The van der Waals surface area contributed by atoms with Crippen molar-refractivity contribution in [2.24, 2.45) is 0 Å². The Balaban J connectivity index is 3.72. The van der Waals surface area contributed by atoms with Crippen LogP contribution in [0, 0.1) is 0 Å². The third kappa shape index (κ3) is 4.79. The highest BCUT2D eigenvalue weighted by Gasteiger charge is 1.99. The summed E-state index contributed by atoms with van der Waals surface area (Å²) in [5.41, 5.74) is 1.16. The Morgan fingerprint density at radius 1 is 1.55 bits per heavy atom. The van der Waals surface area contributed by atoms with Crippen molar-refractivity contribution in [1.82, 2.24) is 5.32 Å².